The lowest BCUT2D eigenvalue weighted by Crippen LogP contribution is -2.36. The molecule has 158 valence electrons. The second-order valence-corrected chi connectivity index (χ2v) is 8.34. The molecule has 0 saturated heterocycles. The van der Waals surface area contributed by atoms with Crippen LogP contribution in [0.1, 0.15) is 19.5 Å². The minimum absolute atomic E-state index is 0.0733. The maximum atomic E-state index is 12.8. The predicted molar refractivity (Wildman–Crippen MR) is 124 cm³/mol. The van der Waals surface area contributed by atoms with Crippen LogP contribution in [-0.2, 0) is 20.7 Å². The third kappa shape index (κ3) is 4.73. The van der Waals surface area contributed by atoms with Crippen molar-refractivity contribution in [2.75, 3.05) is 11.9 Å². The second kappa shape index (κ2) is 9.23. The molecule has 2 aromatic heterocycles. The standard InChI is InChI=1S/C22H20N4O3S2/c1-3-29-22(28)19-13(2)23-16-6-4-5-7-17(16)25-20(19)26-18(27)10-15-12-31-21(24-15)14-8-9-30-11-14/h4-9,11-12,23H,3,10H2,1-2H3,(H,25,26,27). The number of ether oxygens (including phenoxy) is 1. The molecule has 1 aliphatic heterocycles. The molecule has 1 aromatic carbocycles. The zero-order valence-electron chi connectivity index (χ0n) is 17.0. The van der Waals surface area contributed by atoms with Crippen LogP contribution in [0.2, 0.25) is 0 Å². The van der Waals surface area contributed by atoms with Gasteiger partial charge in [0, 0.05) is 22.0 Å². The molecular weight excluding hydrogens is 432 g/mol. The summed E-state index contributed by atoms with van der Waals surface area (Å²) < 4.78 is 5.20. The van der Waals surface area contributed by atoms with Crippen molar-refractivity contribution in [1.82, 2.24) is 10.3 Å². The molecule has 4 rings (SSSR count). The molecule has 0 radical (unpaired) electrons. The van der Waals surface area contributed by atoms with E-state index in [0.717, 1.165) is 16.3 Å². The van der Waals surface area contributed by atoms with Gasteiger partial charge in [-0.3, -0.25) is 4.79 Å². The summed E-state index contributed by atoms with van der Waals surface area (Å²) in [6, 6.07) is 9.38. The third-order valence-corrected chi connectivity index (χ3v) is 6.09. The summed E-state index contributed by atoms with van der Waals surface area (Å²) in [7, 11) is 0. The number of hydrogen-bond donors (Lipinski definition) is 2. The first-order valence-corrected chi connectivity index (χ1v) is 11.5. The fraction of sp³-hybridized carbons (Fsp3) is 0.182. The van der Waals surface area contributed by atoms with Crippen molar-refractivity contribution in [2.24, 2.45) is 4.99 Å². The van der Waals surface area contributed by atoms with Gasteiger partial charge < -0.3 is 15.4 Å². The minimum atomic E-state index is -0.548. The first kappa shape index (κ1) is 21.0. The number of carbonyl (C=O) groups is 2. The number of amidine groups is 1. The van der Waals surface area contributed by atoms with Crippen LogP contribution in [0.15, 0.2) is 62.7 Å². The van der Waals surface area contributed by atoms with Gasteiger partial charge in [0.25, 0.3) is 0 Å². The van der Waals surface area contributed by atoms with E-state index >= 15 is 0 Å². The number of thiazole rings is 1. The van der Waals surface area contributed by atoms with E-state index < -0.39 is 5.97 Å². The summed E-state index contributed by atoms with van der Waals surface area (Å²) in [5, 5.41) is 12.7. The summed E-state index contributed by atoms with van der Waals surface area (Å²) in [4.78, 5) is 34.5. The normalized spacial score (nSPS) is 13.0. The lowest BCUT2D eigenvalue weighted by Gasteiger charge is -2.13. The Morgan fingerprint density at radius 1 is 1.19 bits per heavy atom. The van der Waals surface area contributed by atoms with E-state index in [0.29, 0.717) is 17.1 Å². The summed E-state index contributed by atoms with van der Waals surface area (Å²) in [6.45, 7) is 3.70. The average molecular weight is 453 g/mol. The van der Waals surface area contributed by atoms with E-state index in [1.54, 1.807) is 25.2 Å². The molecule has 3 heterocycles. The Morgan fingerprint density at radius 2 is 2.03 bits per heavy atom. The molecular formula is C22H20N4O3S2. The zero-order chi connectivity index (χ0) is 21.8. The molecule has 3 aromatic rings. The van der Waals surface area contributed by atoms with Crippen molar-refractivity contribution in [3.8, 4) is 10.6 Å². The molecule has 1 aliphatic rings. The number of amides is 1. The summed E-state index contributed by atoms with van der Waals surface area (Å²) in [5.41, 5.74) is 3.81. The van der Waals surface area contributed by atoms with Crippen LogP contribution in [0.3, 0.4) is 0 Å². The number of carbonyl (C=O) groups excluding carboxylic acids is 2. The topological polar surface area (TPSA) is 92.7 Å². The van der Waals surface area contributed by atoms with Crippen LogP contribution in [0, 0.1) is 0 Å². The third-order valence-electron chi connectivity index (χ3n) is 4.47. The Balaban J connectivity index is 1.59. The highest BCUT2D eigenvalue weighted by molar-refractivity contribution is 7.14. The molecule has 31 heavy (non-hydrogen) atoms. The monoisotopic (exact) mass is 452 g/mol. The highest BCUT2D eigenvalue weighted by Crippen LogP contribution is 2.30. The Hall–Kier alpha value is -3.30. The molecule has 9 heteroatoms. The van der Waals surface area contributed by atoms with Gasteiger partial charge in [-0.15, -0.1) is 11.3 Å². The second-order valence-electron chi connectivity index (χ2n) is 6.70. The van der Waals surface area contributed by atoms with Gasteiger partial charge in [-0.05, 0) is 37.4 Å². The van der Waals surface area contributed by atoms with Crippen LogP contribution < -0.4 is 10.6 Å². The van der Waals surface area contributed by atoms with Crippen LogP contribution in [0.25, 0.3) is 10.6 Å². The van der Waals surface area contributed by atoms with Gasteiger partial charge in [0.2, 0.25) is 5.91 Å². The molecule has 0 spiro atoms. The Bertz CT molecular complexity index is 1180. The van der Waals surface area contributed by atoms with Crippen molar-refractivity contribution in [1.29, 1.82) is 0 Å². The number of nitrogens with one attached hydrogen (secondary N) is 2. The number of hydrogen-bond acceptors (Lipinski definition) is 8. The zero-order valence-corrected chi connectivity index (χ0v) is 18.6. The van der Waals surface area contributed by atoms with Crippen LogP contribution in [-0.4, -0.2) is 29.3 Å². The molecule has 7 nitrogen and oxygen atoms in total. The number of thiophene rings is 1. The first-order chi connectivity index (χ1) is 15.0. The Labute approximate surface area is 187 Å². The number of benzene rings is 1. The highest BCUT2D eigenvalue weighted by Gasteiger charge is 2.26. The Kier molecular flexibility index (Phi) is 6.24. The smallest absolute Gasteiger partial charge is 0.343 e. The van der Waals surface area contributed by atoms with Gasteiger partial charge in [0.15, 0.2) is 0 Å². The average Bonchev–Trinajstić information content (AvgIpc) is 3.39. The fourth-order valence-electron chi connectivity index (χ4n) is 3.09. The van der Waals surface area contributed by atoms with Gasteiger partial charge in [0.1, 0.15) is 16.4 Å². The predicted octanol–water partition coefficient (Wildman–Crippen LogP) is 4.52. The molecule has 1 amide bonds. The lowest BCUT2D eigenvalue weighted by molar-refractivity contribution is -0.137. The molecule has 2 N–H and O–H groups in total. The Morgan fingerprint density at radius 3 is 2.81 bits per heavy atom. The number of anilines is 1. The maximum absolute atomic E-state index is 12.8. The largest absolute Gasteiger partial charge is 0.462 e. The number of rotatable bonds is 5. The van der Waals surface area contributed by atoms with Crippen molar-refractivity contribution >= 4 is 51.8 Å². The van der Waals surface area contributed by atoms with Crippen molar-refractivity contribution in [2.45, 2.75) is 20.3 Å². The van der Waals surface area contributed by atoms with Crippen molar-refractivity contribution in [3.05, 3.63) is 63.4 Å². The molecule has 0 unspecified atom stereocenters. The summed E-state index contributed by atoms with van der Waals surface area (Å²) in [5.74, 6) is -0.700. The number of para-hydroxylation sites is 2. The highest BCUT2D eigenvalue weighted by atomic mass is 32.1. The van der Waals surface area contributed by atoms with Crippen LogP contribution in [0.5, 0.6) is 0 Å². The van der Waals surface area contributed by atoms with Crippen LogP contribution in [0.4, 0.5) is 11.4 Å². The number of allylic oxidation sites excluding steroid dienone is 1. The van der Waals surface area contributed by atoms with Gasteiger partial charge in [0.05, 0.1) is 30.1 Å². The maximum Gasteiger partial charge on any atom is 0.343 e. The minimum Gasteiger partial charge on any atom is -0.462 e. The number of aliphatic imine (C=N–C) groups is 1. The molecule has 0 atom stereocenters. The number of fused-ring (bicyclic) bond motifs is 1. The lowest BCUT2D eigenvalue weighted by atomic mass is 10.1. The van der Waals surface area contributed by atoms with E-state index in [2.05, 4.69) is 20.6 Å². The molecule has 0 bridgehead atoms. The first-order valence-electron chi connectivity index (χ1n) is 9.65. The summed E-state index contributed by atoms with van der Waals surface area (Å²) in [6.07, 6.45) is 0.0733. The molecule has 0 saturated carbocycles. The SMILES string of the molecule is CCOC(=O)C1=C(C)Nc2ccccc2N=C1NC(=O)Cc1csc(-c2ccsc2)n1. The summed E-state index contributed by atoms with van der Waals surface area (Å²) >= 11 is 3.09. The van der Waals surface area contributed by atoms with Crippen molar-refractivity contribution in [3.63, 3.8) is 0 Å². The number of esters is 1. The number of aromatic nitrogens is 1. The van der Waals surface area contributed by atoms with Crippen LogP contribution >= 0.6 is 22.7 Å². The van der Waals surface area contributed by atoms with Gasteiger partial charge in [-0.1, -0.05) is 12.1 Å². The van der Waals surface area contributed by atoms with E-state index in [9.17, 15) is 9.59 Å². The van der Waals surface area contributed by atoms with E-state index in [4.69, 9.17) is 4.74 Å². The van der Waals surface area contributed by atoms with E-state index in [1.807, 2.05) is 46.5 Å². The van der Waals surface area contributed by atoms with E-state index in [1.165, 1.54) is 11.3 Å². The fourth-order valence-corrected chi connectivity index (χ4v) is 4.62. The van der Waals surface area contributed by atoms with Gasteiger partial charge in [-0.2, -0.15) is 11.3 Å². The van der Waals surface area contributed by atoms with E-state index in [-0.39, 0.29) is 30.3 Å². The molecule has 0 fully saturated rings. The number of nitrogens with zero attached hydrogens (tertiary/aromatic N) is 2. The van der Waals surface area contributed by atoms with Gasteiger partial charge >= 0.3 is 5.97 Å². The molecule has 0 aliphatic carbocycles. The van der Waals surface area contributed by atoms with Gasteiger partial charge in [-0.25, -0.2) is 14.8 Å². The quantitative estimate of drug-likeness (QED) is 0.555. The van der Waals surface area contributed by atoms with Crippen molar-refractivity contribution < 1.29 is 14.3 Å².